The van der Waals surface area contributed by atoms with Gasteiger partial charge < -0.3 is 9.47 Å². The van der Waals surface area contributed by atoms with Crippen LogP contribution in [0.2, 0.25) is 0 Å². The van der Waals surface area contributed by atoms with Gasteiger partial charge >= 0.3 is 6.16 Å². The van der Waals surface area contributed by atoms with Crippen LogP contribution in [-0.2, 0) is 9.47 Å². The van der Waals surface area contributed by atoms with Crippen LogP contribution in [0.5, 0.6) is 0 Å². The van der Waals surface area contributed by atoms with Crippen LogP contribution in [0.4, 0.5) is 9.18 Å². The number of hydrogen-bond acceptors (Lipinski definition) is 3. The number of carbonyl (C=O) groups is 1. The number of carbonyl (C=O) groups excluding carboxylic acids is 1. The van der Waals surface area contributed by atoms with Crippen molar-refractivity contribution in [3.63, 3.8) is 0 Å². The summed E-state index contributed by atoms with van der Waals surface area (Å²) in [5.41, 5.74) is 0. The van der Waals surface area contributed by atoms with E-state index >= 15 is 0 Å². The first-order valence-electron chi connectivity index (χ1n) is 1.76. The van der Waals surface area contributed by atoms with E-state index in [1.54, 1.807) is 0 Å². The Kier molecular flexibility index (Phi) is 0.850. The van der Waals surface area contributed by atoms with Gasteiger partial charge in [-0.25, -0.2) is 9.18 Å². The first-order valence-corrected chi connectivity index (χ1v) is 1.76. The van der Waals surface area contributed by atoms with Crippen LogP contribution < -0.4 is 0 Å². The van der Waals surface area contributed by atoms with E-state index in [0.29, 0.717) is 0 Å². The lowest BCUT2D eigenvalue weighted by Gasteiger charge is -2.21. The molecule has 1 heterocycles. The molecule has 0 aromatic carbocycles. The minimum atomic E-state index is -0.924. The highest BCUT2D eigenvalue weighted by Gasteiger charge is 2.29. The lowest BCUT2D eigenvalue weighted by molar-refractivity contribution is -0.188. The molecular formula is C3H3FO3. The second-order valence-corrected chi connectivity index (χ2v) is 1.07. The fourth-order valence-corrected chi connectivity index (χ4v) is 0.286. The molecule has 0 aliphatic carbocycles. The zero-order valence-electron chi connectivity index (χ0n) is 3.39. The molecule has 0 radical (unpaired) electrons. The van der Waals surface area contributed by atoms with Gasteiger partial charge in [-0.15, -0.1) is 0 Å². The minimum absolute atomic E-state index is 0.758. The van der Waals surface area contributed by atoms with Crippen molar-refractivity contribution in [3.8, 4) is 0 Å². The lowest BCUT2D eigenvalue weighted by atomic mass is 10.7. The Balaban J connectivity index is 2.17. The molecule has 1 saturated heterocycles. The van der Waals surface area contributed by atoms with Gasteiger partial charge in [0.2, 0.25) is 0 Å². The van der Waals surface area contributed by atoms with Gasteiger partial charge in [0.1, 0.15) is 0 Å². The zero-order chi connectivity index (χ0) is 5.28. The Morgan fingerprint density at radius 2 is 2.29 bits per heavy atom. The topological polar surface area (TPSA) is 35.5 Å². The van der Waals surface area contributed by atoms with Crippen LogP contribution in [0.15, 0.2) is 0 Å². The monoisotopic (exact) mass is 106 g/mol. The maximum atomic E-state index is 11.2. The van der Waals surface area contributed by atoms with Crippen molar-refractivity contribution >= 4 is 6.16 Å². The zero-order valence-corrected chi connectivity index (χ0v) is 3.39. The van der Waals surface area contributed by atoms with E-state index in [-0.39, 0.29) is 0 Å². The van der Waals surface area contributed by atoms with E-state index in [1.165, 1.54) is 0 Å². The van der Waals surface area contributed by atoms with E-state index in [0.717, 1.165) is 0 Å². The largest absolute Gasteiger partial charge is 0.514 e. The molecular weight excluding hydrogens is 103 g/mol. The van der Waals surface area contributed by atoms with Crippen molar-refractivity contribution < 1.29 is 18.7 Å². The lowest BCUT2D eigenvalue weighted by Crippen LogP contribution is -2.36. The van der Waals surface area contributed by atoms with Gasteiger partial charge in [0.15, 0.2) is 6.67 Å². The molecule has 4 heteroatoms. The van der Waals surface area contributed by atoms with Gasteiger partial charge in [-0.05, 0) is 0 Å². The Bertz CT molecular complexity index is 84.2. The van der Waals surface area contributed by atoms with E-state index in [9.17, 15) is 9.18 Å². The Morgan fingerprint density at radius 1 is 1.71 bits per heavy atom. The van der Waals surface area contributed by atoms with Gasteiger partial charge in [0.05, 0.1) is 0 Å². The van der Waals surface area contributed by atoms with E-state index in [1.807, 2.05) is 0 Å². The summed E-state index contributed by atoms with van der Waals surface area (Å²) in [6.45, 7) is -0.758. The molecule has 0 spiro atoms. The number of alkyl halides is 1. The first kappa shape index (κ1) is 4.36. The van der Waals surface area contributed by atoms with Crippen molar-refractivity contribution in [2.24, 2.45) is 0 Å². The fourth-order valence-electron chi connectivity index (χ4n) is 0.286. The molecule has 1 aliphatic heterocycles. The van der Waals surface area contributed by atoms with Gasteiger partial charge in [-0.1, -0.05) is 0 Å². The molecule has 7 heavy (non-hydrogen) atoms. The highest BCUT2D eigenvalue weighted by molar-refractivity contribution is 5.64. The average molecular weight is 106 g/mol. The molecule has 0 aromatic rings. The Hall–Kier alpha value is -0.800. The molecule has 0 saturated carbocycles. The summed E-state index contributed by atoms with van der Waals surface area (Å²) in [6.07, 6.45) is -1.71. The smallest absolute Gasteiger partial charge is 0.391 e. The minimum Gasteiger partial charge on any atom is -0.391 e. The molecule has 3 nitrogen and oxygen atoms in total. The second kappa shape index (κ2) is 1.36. The quantitative estimate of drug-likeness (QED) is 0.455. The van der Waals surface area contributed by atoms with Crippen LogP contribution in [0.3, 0.4) is 0 Å². The Labute approximate surface area is 39.0 Å². The highest BCUT2D eigenvalue weighted by Crippen LogP contribution is 2.09. The van der Waals surface area contributed by atoms with Gasteiger partial charge in [-0.3, -0.25) is 0 Å². The summed E-state index contributed by atoms with van der Waals surface area (Å²) in [6, 6.07) is 0. The molecule has 1 rings (SSSR count). The fraction of sp³-hybridized carbons (Fsp3) is 0.667. The third-order valence-corrected chi connectivity index (χ3v) is 0.581. The maximum absolute atomic E-state index is 11.2. The SMILES string of the molecule is O=C1OC(CF)O1. The molecule has 0 bridgehead atoms. The second-order valence-electron chi connectivity index (χ2n) is 1.07. The number of cyclic esters (lactones) is 2. The summed E-state index contributed by atoms with van der Waals surface area (Å²) in [5, 5.41) is 0. The van der Waals surface area contributed by atoms with Crippen LogP contribution in [0.25, 0.3) is 0 Å². The van der Waals surface area contributed by atoms with Crippen LogP contribution >= 0.6 is 0 Å². The number of halogens is 1. The summed E-state index contributed by atoms with van der Waals surface area (Å²) in [4.78, 5) is 9.66. The summed E-state index contributed by atoms with van der Waals surface area (Å²) in [5.74, 6) is 0. The first-order chi connectivity index (χ1) is 3.33. The number of ether oxygens (including phenoxy) is 2. The predicted octanol–water partition coefficient (Wildman–Crippen LogP) is 0.449. The van der Waals surface area contributed by atoms with Crippen molar-refractivity contribution in [3.05, 3.63) is 0 Å². The van der Waals surface area contributed by atoms with Crippen molar-refractivity contribution in [1.29, 1.82) is 0 Å². The van der Waals surface area contributed by atoms with Crippen LogP contribution in [0, 0.1) is 0 Å². The molecule has 40 valence electrons. The van der Waals surface area contributed by atoms with E-state index < -0.39 is 19.1 Å². The molecule has 0 atom stereocenters. The van der Waals surface area contributed by atoms with Crippen molar-refractivity contribution in [2.75, 3.05) is 6.67 Å². The third kappa shape index (κ3) is 0.629. The number of hydrogen-bond donors (Lipinski definition) is 0. The van der Waals surface area contributed by atoms with Crippen LogP contribution in [0.1, 0.15) is 0 Å². The Morgan fingerprint density at radius 3 is 2.43 bits per heavy atom. The van der Waals surface area contributed by atoms with Gasteiger partial charge in [0, 0.05) is 0 Å². The average Bonchev–Trinajstić information content (AvgIpc) is 1.58. The predicted molar refractivity (Wildman–Crippen MR) is 17.3 cm³/mol. The highest BCUT2D eigenvalue weighted by atomic mass is 19.1. The van der Waals surface area contributed by atoms with E-state index in [2.05, 4.69) is 9.47 Å². The molecule has 0 aromatic heterocycles. The molecule has 1 fully saturated rings. The standard InChI is InChI=1S/C3H3FO3/c4-1-2-6-3(5)7-2/h2H,1H2. The summed E-state index contributed by atoms with van der Waals surface area (Å²) >= 11 is 0. The molecule has 0 unspecified atom stereocenters. The number of rotatable bonds is 1. The normalized spacial score (nSPS) is 19.9. The van der Waals surface area contributed by atoms with Crippen LogP contribution in [-0.4, -0.2) is 19.1 Å². The molecule has 0 N–H and O–H groups in total. The summed E-state index contributed by atoms with van der Waals surface area (Å²) < 4.78 is 19.3. The van der Waals surface area contributed by atoms with Gasteiger partial charge in [0.25, 0.3) is 6.29 Å². The maximum Gasteiger partial charge on any atom is 0.514 e. The van der Waals surface area contributed by atoms with E-state index in [4.69, 9.17) is 0 Å². The third-order valence-electron chi connectivity index (χ3n) is 0.581. The van der Waals surface area contributed by atoms with Crippen molar-refractivity contribution in [1.82, 2.24) is 0 Å². The molecule has 1 aliphatic rings. The molecule has 0 amide bonds. The summed E-state index contributed by atoms with van der Waals surface area (Å²) in [7, 11) is 0. The van der Waals surface area contributed by atoms with Crippen molar-refractivity contribution in [2.45, 2.75) is 6.29 Å². The van der Waals surface area contributed by atoms with Gasteiger partial charge in [-0.2, -0.15) is 0 Å².